The molecule has 0 aliphatic heterocycles. The Balaban J connectivity index is 2.28. The van der Waals surface area contributed by atoms with E-state index in [2.05, 4.69) is 39.6 Å². The highest BCUT2D eigenvalue weighted by Crippen LogP contribution is 2.24. The molecule has 1 aromatic heterocycles. The number of aliphatic hydroxyl groups is 1. The van der Waals surface area contributed by atoms with Crippen LogP contribution in [-0.4, -0.2) is 15.8 Å². The second-order valence-corrected chi connectivity index (χ2v) is 4.94. The summed E-state index contributed by atoms with van der Waals surface area (Å²) in [5.74, 6) is 0. The van der Waals surface area contributed by atoms with Crippen molar-refractivity contribution in [2.75, 3.05) is 0 Å². The minimum atomic E-state index is -0.250. The number of rotatable bonds is 4. The largest absolute Gasteiger partial charge is 0.391 e. The Morgan fingerprint density at radius 1 is 1.38 bits per heavy atom. The maximum absolute atomic E-state index is 9.82. The highest BCUT2D eigenvalue weighted by atomic mass is 79.9. The number of fused-ring (bicyclic) bond motifs is 1. The molecule has 0 radical (unpaired) electrons. The summed E-state index contributed by atoms with van der Waals surface area (Å²) in [6.45, 7) is 2.77. The van der Waals surface area contributed by atoms with Crippen molar-refractivity contribution in [3.8, 4) is 0 Å². The number of nitrogens with zero attached hydrogens (tertiary/aromatic N) is 1. The molecule has 1 heterocycles. The molecule has 0 aliphatic carbocycles. The second-order valence-electron chi connectivity index (χ2n) is 4.08. The molecule has 1 aromatic carbocycles. The van der Waals surface area contributed by atoms with Crippen LogP contribution in [0.2, 0.25) is 0 Å². The predicted octanol–water partition coefficient (Wildman–Crippen LogP) is 3.56. The molecule has 3 heteroatoms. The summed E-state index contributed by atoms with van der Waals surface area (Å²) >= 11 is 3.53. The number of halogens is 1. The third-order valence-electron chi connectivity index (χ3n) is 2.79. The molecule has 1 N–H and O–H groups in total. The Morgan fingerprint density at radius 3 is 2.94 bits per heavy atom. The van der Waals surface area contributed by atoms with Crippen molar-refractivity contribution in [3.05, 3.63) is 34.9 Å². The van der Waals surface area contributed by atoms with Crippen molar-refractivity contribution in [1.29, 1.82) is 0 Å². The van der Waals surface area contributed by atoms with Crippen molar-refractivity contribution in [1.82, 2.24) is 4.57 Å². The number of benzene rings is 1. The molecule has 0 aliphatic rings. The first-order valence-electron chi connectivity index (χ1n) is 5.63. The summed E-state index contributed by atoms with van der Waals surface area (Å²) in [6.07, 6.45) is 3.66. The van der Waals surface area contributed by atoms with Crippen molar-refractivity contribution >= 4 is 26.8 Å². The first-order valence-corrected chi connectivity index (χ1v) is 6.43. The van der Waals surface area contributed by atoms with E-state index in [0.29, 0.717) is 6.54 Å². The van der Waals surface area contributed by atoms with Gasteiger partial charge in [-0.15, -0.1) is 0 Å². The van der Waals surface area contributed by atoms with E-state index in [1.54, 1.807) is 0 Å². The van der Waals surface area contributed by atoms with Crippen molar-refractivity contribution in [2.45, 2.75) is 32.4 Å². The van der Waals surface area contributed by atoms with Crippen LogP contribution in [0.4, 0.5) is 0 Å². The van der Waals surface area contributed by atoms with Gasteiger partial charge in [-0.2, -0.15) is 0 Å². The van der Waals surface area contributed by atoms with E-state index in [1.807, 2.05) is 18.3 Å². The van der Waals surface area contributed by atoms with Gasteiger partial charge >= 0.3 is 0 Å². The van der Waals surface area contributed by atoms with Gasteiger partial charge in [-0.1, -0.05) is 35.3 Å². The van der Waals surface area contributed by atoms with E-state index in [9.17, 15) is 5.11 Å². The second kappa shape index (κ2) is 5.02. The first kappa shape index (κ1) is 11.7. The summed E-state index contributed by atoms with van der Waals surface area (Å²) in [6, 6.07) is 8.22. The van der Waals surface area contributed by atoms with Crippen LogP contribution in [0.3, 0.4) is 0 Å². The molecule has 0 spiro atoms. The molecule has 0 fully saturated rings. The van der Waals surface area contributed by atoms with E-state index in [1.165, 1.54) is 10.9 Å². The Hall–Kier alpha value is -0.800. The quantitative estimate of drug-likeness (QED) is 0.911. The summed E-state index contributed by atoms with van der Waals surface area (Å²) in [4.78, 5) is 0. The molecule has 0 saturated heterocycles. The van der Waals surface area contributed by atoms with Gasteiger partial charge < -0.3 is 9.67 Å². The van der Waals surface area contributed by atoms with Gasteiger partial charge in [0.05, 0.1) is 6.10 Å². The summed E-state index contributed by atoms with van der Waals surface area (Å²) < 4.78 is 3.22. The van der Waals surface area contributed by atoms with E-state index in [4.69, 9.17) is 0 Å². The fraction of sp³-hybridized carbons (Fsp3) is 0.385. The molecular weight excluding hydrogens is 266 g/mol. The van der Waals surface area contributed by atoms with Gasteiger partial charge in [0.25, 0.3) is 0 Å². The zero-order valence-electron chi connectivity index (χ0n) is 9.36. The smallest absolute Gasteiger partial charge is 0.0719 e. The zero-order chi connectivity index (χ0) is 11.5. The van der Waals surface area contributed by atoms with Crippen LogP contribution in [0.1, 0.15) is 19.8 Å². The molecule has 1 atom stereocenters. The Kier molecular flexibility index (Phi) is 3.66. The van der Waals surface area contributed by atoms with Gasteiger partial charge in [-0.3, -0.25) is 0 Å². The van der Waals surface area contributed by atoms with Gasteiger partial charge in [0, 0.05) is 28.1 Å². The average molecular weight is 282 g/mol. The van der Waals surface area contributed by atoms with E-state index in [-0.39, 0.29) is 6.10 Å². The van der Waals surface area contributed by atoms with E-state index >= 15 is 0 Å². The van der Waals surface area contributed by atoms with Crippen LogP contribution >= 0.6 is 15.9 Å². The molecule has 2 rings (SSSR count). The summed E-state index contributed by atoms with van der Waals surface area (Å²) in [7, 11) is 0. The molecule has 0 unspecified atom stereocenters. The monoisotopic (exact) mass is 281 g/mol. The minimum Gasteiger partial charge on any atom is -0.391 e. The van der Waals surface area contributed by atoms with Gasteiger partial charge in [0.15, 0.2) is 0 Å². The molecular formula is C13H16BrNO. The number of aliphatic hydroxyl groups excluding tert-OH is 1. The third kappa shape index (κ3) is 2.30. The maximum atomic E-state index is 9.82. The normalized spacial score (nSPS) is 13.2. The molecule has 0 saturated carbocycles. The zero-order valence-corrected chi connectivity index (χ0v) is 10.9. The molecule has 86 valence electrons. The summed E-state index contributed by atoms with van der Waals surface area (Å²) in [5.41, 5.74) is 1.17. The van der Waals surface area contributed by atoms with Crippen LogP contribution in [0.15, 0.2) is 34.9 Å². The lowest BCUT2D eigenvalue weighted by Gasteiger charge is -2.11. The van der Waals surface area contributed by atoms with Gasteiger partial charge in [-0.05, 0) is 24.6 Å². The first-order chi connectivity index (χ1) is 7.72. The van der Waals surface area contributed by atoms with Crippen LogP contribution in [0, 0.1) is 0 Å². The van der Waals surface area contributed by atoms with E-state index in [0.717, 1.165) is 17.3 Å². The highest BCUT2D eigenvalue weighted by Gasteiger charge is 2.07. The lowest BCUT2D eigenvalue weighted by Crippen LogP contribution is -2.14. The molecule has 0 amide bonds. The van der Waals surface area contributed by atoms with Crippen LogP contribution in [0.25, 0.3) is 10.9 Å². The maximum Gasteiger partial charge on any atom is 0.0719 e. The SMILES string of the molecule is CCC[C@@H](O)Cn1ccc2c(Br)cccc21. The highest BCUT2D eigenvalue weighted by molar-refractivity contribution is 9.10. The number of hydrogen-bond acceptors (Lipinski definition) is 1. The lowest BCUT2D eigenvalue weighted by molar-refractivity contribution is 0.145. The van der Waals surface area contributed by atoms with Crippen LogP contribution < -0.4 is 0 Å². The Morgan fingerprint density at radius 2 is 2.19 bits per heavy atom. The van der Waals surface area contributed by atoms with Gasteiger partial charge in [0.1, 0.15) is 0 Å². The summed E-state index contributed by atoms with van der Waals surface area (Å²) in [5, 5.41) is 11.0. The molecule has 16 heavy (non-hydrogen) atoms. The fourth-order valence-electron chi connectivity index (χ4n) is 2.00. The van der Waals surface area contributed by atoms with E-state index < -0.39 is 0 Å². The molecule has 0 bridgehead atoms. The molecule has 2 aromatic rings. The number of hydrogen-bond donors (Lipinski definition) is 1. The lowest BCUT2D eigenvalue weighted by atomic mass is 10.2. The Labute approximate surface area is 104 Å². The average Bonchev–Trinajstić information content (AvgIpc) is 2.64. The van der Waals surface area contributed by atoms with Crippen LogP contribution in [0.5, 0.6) is 0 Å². The Bertz CT molecular complexity index is 478. The standard InChI is InChI=1S/C13H16BrNO/c1-2-4-10(16)9-15-8-7-11-12(14)5-3-6-13(11)15/h3,5-8,10,16H,2,4,9H2,1H3/t10-/m1/s1. The minimum absolute atomic E-state index is 0.250. The number of aromatic nitrogens is 1. The fourth-order valence-corrected chi connectivity index (χ4v) is 2.48. The van der Waals surface area contributed by atoms with Crippen molar-refractivity contribution < 1.29 is 5.11 Å². The van der Waals surface area contributed by atoms with Crippen molar-refractivity contribution in [3.63, 3.8) is 0 Å². The van der Waals surface area contributed by atoms with Crippen LogP contribution in [-0.2, 0) is 6.54 Å². The predicted molar refractivity (Wildman–Crippen MR) is 70.6 cm³/mol. The van der Waals surface area contributed by atoms with Gasteiger partial charge in [0.2, 0.25) is 0 Å². The molecule has 2 nitrogen and oxygen atoms in total. The topological polar surface area (TPSA) is 25.2 Å². The van der Waals surface area contributed by atoms with Gasteiger partial charge in [-0.25, -0.2) is 0 Å². The van der Waals surface area contributed by atoms with Crippen molar-refractivity contribution in [2.24, 2.45) is 0 Å². The third-order valence-corrected chi connectivity index (χ3v) is 3.48.